The van der Waals surface area contributed by atoms with Gasteiger partial charge in [0.1, 0.15) is 5.83 Å². The third kappa shape index (κ3) is 6.54. The van der Waals surface area contributed by atoms with Gasteiger partial charge < -0.3 is 5.32 Å². The summed E-state index contributed by atoms with van der Waals surface area (Å²) in [5.74, 6) is 1.53. The molecule has 1 nitrogen and oxygen atoms in total. The molecule has 0 fully saturated rings. The first-order valence-corrected chi connectivity index (χ1v) is 12.3. The Hall–Kier alpha value is -1.41. The molecule has 2 aliphatic carbocycles. The lowest BCUT2D eigenvalue weighted by molar-refractivity contribution is 0.282. The van der Waals surface area contributed by atoms with E-state index in [-0.39, 0.29) is 11.4 Å². The van der Waals surface area contributed by atoms with Gasteiger partial charge in [0.15, 0.2) is 0 Å². The van der Waals surface area contributed by atoms with Crippen molar-refractivity contribution in [2.75, 3.05) is 6.54 Å². The summed E-state index contributed by atoms with van der Waals surface area (Å²) in [5.41, 5.74) is 5.57. The average Bonchev–Trinajstić information content (AvgIpc) is 3.10. The number of halogens is 1. The first-order chi connectivity index (χ1) is 14.4. The molecule has 1 unspecified atom stereocenters. The lowest BCUT2D eigenvalue weighted by Crippen LogP contribution is -2.43. The number of nitrogens with one attached hydrogen (secondary N) is 1. The molecule has 166 valence electrons. The standard InChI is InChI=1S/C28H42FN/c1-5-10-23-14-9-16-27(29)26(23)15-8-11-21(2)20-30-28(3,4)19-22-17-24-12-6-7-13-25(24)18-22/h6-7,12-14,21-22,30H,5,8-11,15-20H2,1-4H3. The van der Waals surface area contributed by atoms with E-state index in [1.165, 1.54) is 24.8 Å². The molecule has 0 aromatic heterocycles. The summed E-state index contributed by atoms with van der Waals surface area (Å²) in [7, 11) is 0. The van der Waals surface area contributed by atoms with Gasteiger partial charge >= 0.3 is 0 Å². The molecule has 0 saturated heterocycles. The molecule has 1 atom stereocenters. The summed E-state index contributed by atoms with van der Waals surface area (Å²) < 4.78 is 14.4. The minimum Gasteiger partial charge on any atom is -0.312 e. The van der Waals surface area contributed by atoms with Crippen LogP contribution < -0.4 is 5.32 Å². The molecule has 1 N–H and O–H groups in total. The van der Waals surface area contributed by atoms with E-state index in [1.54, 1.807) is 11.1 Å². The van der Waals surface area contributed by atoms with Gasteiger partial charge in [-0.1, -0.05) is 50.6 Å². The van der Waals surface area contributed by atoms with E-state index in [0.29, 0.717) is 12.3 Å². The van der Waals surface area contributed by atoms with Gasteiger partial charge in [-0.05, 0) is 106 Å². The second-order valence-corrected chi connectivity index (χ2v) is 10.4. The number of hydrogen-bond donors (Lipinski definition) is 1. The summed E-state index contributed by atoms with van der Waals surface area (Å²) >= 11 is 0. The van der Waals surface area contributed by atoms with Crippen LogP contribution in [0.2, 0.25) is 0 Å². The fourth-order valence-electron chi connectivity index (χ4n) is 5.41. The molecule has 0 radical (unpaired) electrons. The maximum absolute atomic E-state index is 14.4. The molecule has 1 aromatic rings. The van der Waals surface area contributed by atoms with Crippen LogP contribution in [0.15, 0.2) is 47.3 Å². The van der Waals surface area contributed by atoms with Crippen molar-refractivity contribution in [2.24, 2.45) is 11.8 Å². The SMILES string of the molecule is CCCC1=CCCC(F)=C1CCCC(C)CNC(C)(C)CC1Cc2ccccc2C1. The quantitative estimate of drug-likeness (QED) is 0.393. The second-order valence-electron chi connectivity index (χ2n) is 10.4. The Balaban J connectivity index is 1.39. The van der Waals surface area contributed by atoms with Crippen molar-refractivity contribution in [3.05, 3.63) is 58.4 Å². The van der Waals surface area contributed by atoms with Gasteiger partial charge in [0, 0.05) is 12.0 Å². The van der Waals surface area contributed by atoms with Gasteiger partial charge in [0.25, 0.3) is 0 Å². The lowest BCUT2D eigenvalue weighted by atomic mass is 9.87. The minimum absolute atomic E-state index is 0.158. The molecule has 0 spiro atoms. The highest BCUT2D eigenvalue weighted by Gasteiger charge is 2.28. The third-order valence-corrected chi connectivity index (χ3v) is 6.98. The van der Waals surface area contributed by atoms with Crippen molar-refractivity contribution in [3.63, 3.8) is 0 Å². The van der Waals surface area contributed by atoms with Crippen LogP contribution in [0.5, 0.6) is 0 Å². The fraction of sp³-hybridized carbons (Fsp3) is 0.643. The Bertz CT molecular complexity index is 733. The summed E-state index contributed by atoms with van der Waals surface area (Å²) in [4.78, 5) is 0. The van der Waals surface area contributed by atoms with E-state index in [4.69, 9.17) is 0 Å². The smallest absolute Gasteiger partial charge is 0.104 e. The second kappa shape index (κ2) is 10.8. The third-order valence-electron chi connectivity index (χ3n) is 6.98. The molecule has 2 aliphatic rings. The van der Waals surface area contributed by atoms with Crippen molar-refractivity contribution in [1.29, 1.82) is 0 Å². The maximum Gasteiger partial charge on any atom is 0.104 e. The molecule has 0 amide bonds. The Morgan fingerprint density at radius 2 is 1.83 bits per heavy atom. The molecular weight excluding hydrogens is 369 g/mol. The topological polar surface area (TPSA) is 12.0 Å². The van der Waals surface area contributed by atoms with E-state index >= 15 is 0 Å². The minimum atomic E-state index is 0.158. The van der Waals surface area contributed by atoms with Crippen LogP contribution in [0, 0.1) is 11.8 Å². The van der Waals surface area contributed by atoms with Crippen LogP contribution >= 0.6 is 0 Å². The molecule has 3 rings (SSSR count). The Morgan fingerprint density at radius 3 is 2.50 bits per heavy atom. The van der Waals surface area contributed by atoms with Crippen LogP contribution in [0.4, 0.5) is 4.39 Å². The normalized spacial score (nSPS) is 18.5. The first-order valence-electron chi connectivity index (χ1n) is 12.3. The summed E-state index contributed by atoms with van der Waals surface area (Å²) in [6.07, 6.45) is 12.7. The number of hydrogen-bond acceptors (Lipinski definition) is 1. The van der Waals surface area contributed by atoms with Crippen LogP contribution in [0.3, 0.4) is 0 Å². The Kier molecular flexibility index (Phi) is 8.34. The highest BCUT2D eigenvalue weighted by atomic mass is 19.1. The van der Waals surface area contributed by atoms with Crippen molar-refractivity contribution in [2.45, 2.75) is 97.4 Å². The fourth-order valence-corrected chi connectivity index (χ4v) is 5.41. The Labute approximate surface area is 184 Å². The summed E-state index contributed by atoms with van der Waals surface area (Å²) in [6.45, 7) is 10.3. The molecule has 0 heterocycles. The molecule has 0 saturated carbocycles. The van der Waals surface area contributed by atoms with Gasteiger partial charge in [0.2, 0.25) is 0 Å². The van der Waals surface area contributed by atoms with E-state index in [9.17, 15) is 4.39 Å². The molecule has 0 aliphatic heterocycles. The number of benzene rings is 1. The average molecular weight is 412 g/mol. The van der Waals surface area contributed by atoms with Crippen molar-refractivity contribution in [1.82, 2.24) is 5.32 Å². The van der Waals surface area contributed by atoms with Gasteiger partial charge in [-0.3, -0.25) is 0 Å². The monoisotopic (exact) mass is 411 g/mol. The first kappa shape index (κ1) is 23.3. The highest BCUT2D eigenvalue weighted by Crippen LogP contribution is 2.34. The van der Waals surface area contributed by atoms with Gasteiger partial charge in [0.05, 0.1) is 0 Å². The van der Waals surface area contributed by atoms with Gasteiger partial charge in [-0.15, -0.1) is 0 Å². The molecular formula is C28H42FN. The van der Waals surface area contributed by atoms with E-state index in [0.717, 1.165) is 56.6 Å². The van der Waals surface area contributed by atoms with Crippen LogP contribution in [0.1, 0.15) is 90.2 Å². The van der Waals surface area contributed by atoms with Crippen molar-refractivity contribution >= 4 is 0 Å². The largest absolute Gasteiger partial charge is 0.312 e. The zero-order chi connectivity index (χ0) is 21.6. The van der Waals surface area contributed by atoms with E-state index in [1.807, 2.05) is 0 Å². The van der Waals surface area contributed by atoms with Gasteiger partial charge in [-0.2, -0.15) is 0 Å². The Morgan fingerprint density at radius 1 is 1.13 bits per heavy atom. The maximum atomic E-state index is 14.4. The summed E-state index contributed by atoms with van der Waals surface area (Å²) in [5, 5.41) is 3.84. The predicted octanol–water partition coefficient (Wildman–Crippen LogP) is 7.71. The molecule has 30 heavy (non-hydrogen) atoms. The van der Waals surface area contributed by atoms with Crippen LogP contribution in [-0.4, -0.2) is 12.1 Å². The van der Waals surface area contributed by atoms with Crippen molar-refractivity contribution < 1.29 is 4.39 Å². The number of rotatable bonds is 11. The number of fused-ring (bicyclic) bond motifs is 1. The molecule has 2 heteroatoms. The predicted molar refractivity (Wildman–Crippen MR) is 127 cm³/mol. The number of allylic oxidation sites excluding steroid dienone is 4. The zero-order valence-corrected chi connectivity index (χ0v) is 19.7. The molecule has 1 aromatic carbocycles. The highest BCUT2D eigenvalue weighted by molar-refractivity contribution is 5.36. The van der Waals surface area contributed by atoms with E-state index < -0.39 is 0 Å². The van der Waals surface area contributed by atoms with E-state index in [2.05, 4.69) is 63.4 Å². The van der Waals surface area contributed by atoms with Crippen LogP contribution in [0.25, 0.3) is 0 Å². The van der Waals surface area contributed by atoms with Gasteiger partial charge in [-0.25, -0.2) is 4.39 Å². The van der Waals surface area contributed by atoms with Crippen LogP contribution in [-0.2, 0) is 12.8 Å². The molecule has 0 bridgehead atoms. The lowest BCUT2D eigenvalue weighted by Gasteiger charge is -2.31. The van der Waals surface area contributed by atoms with Crippen molar-refractivity contribution in [3.8, 4) is 0 Å². The summed E-state index contributed by atoms with van der Waals surface area (Å²) in [6, 6.07) is 8.93. The zero-order valence-electron chi connectivity index (χ0n) is 19.7.